The molecule has 4 heteroatoms. The lowest BCUT2D eigenvalue weighted by Gasteiger charge is -2.13. The quantitative estimate of drug-likeness (QED) is 0.891. The molecule has 1 amide bonds. The van der Waals surface area contributed by atoms with Gasteiger partial charge in [0.1, 0.15) is 0 Å². The third-order valence-corrected chi connectivity index (χ3v) is 3.74. The minimum absolute atomic E-state index is 0.0123. The monoisotopic (exact) mass is 312 g/mol. The fourth-order valence-electron chi connectivity index (χ4n) is 2.70. The molecule has 0 aliphatic heterocycles. The Balaban J connectivity index is 2.12. The van der Waals surface area contributed by atoms with Crippen molar-refractivity contribution >= 4 is 5.91 Å². The summed E-state index contributed by atoms with van der Waals surface area (Å²) in [5.41, 5.74) is 3.16. The summed E-state index contributed by atoms with van der Waals surface area (Å²) in [6.45, 7) is 6.32. The highest BCUT2D eigenvalue weighted by Crippen LogP contribution is 2.18. The zero-order valence-electron chi connectivity index (χ0n) is 14.0. The first kappa shape index (κ1) is 17.0. The summed E-state index contributed by atoms with van der Waals surface area (Å²) in [5, 5.41) is 2.88. The number of carbonyl (C=O) groups is 1. The van der Waals surface area contributed by atoms with Crippen LogP contribution < -0.4 is 10.9 Å². The molecule has 0 aliphatic rings. The lowest BCUT2D eigenvalue weighted by molar-refractivity contribution is -0.119. The number of nitrogens with zero attached hydrogens (tertiary/aromatic N) is 1. The topological polar surface area (TPSA) is 51.1 Å². The predicted molar refractivity (Wildman–Crippen MR) is 93.4 cm³/mol. The van der Waals surface area contributed by atoms with E-state index in [9.17, 15) is 9.59 Å². The van der Waals surface area contributed by atoms with Gasteiger partial charge in [-0.3, -0.25) is 9.59 Å². The van der Waals surface area contributed by atoms with Crippen LogP contribution in [0.3, 0.4) is 0 Å². The Morgan fingerprint density at radius 2 is 1.87 bits per heavy atom. The van der Waals surface area contributed by atoms with Gasteiger partial charge in [0, 0.05) is 31.8 Å². The largest absolute Gasteiger partial charge is 0.354 e. The molecule has 1 N–H and O–H groups in total. The maximum absolute atomic E-state index is 12.0. The summed E-state index contributed by atoms with van der Waals surface area (Å²) in [5.74, 6) is -0.0123. The number of rotatable bonds is 6. The Morgan fingerprint density at radius 1 is 1.17 bits per heavy atom. The molecule has 0 aliphatic carbocycles. The molecule has 4 nitrogen and oxygen atoms in total. The highest BCUT2D eigenvalue weighted by Gasteiger charge is 2.06. The fourth-order valence-corrected chi connectivity index (χ4v) is 2.70. The molecule has 2 rings (SSSR count). The van der Waals surface area contributed by atoms with Crippen molar-refractivity contribution in [2.75, 3.05) is 0 Å². The molecule has 0 saturated carbocycles. The lowest BCUT2D eigenvalue weighted by atomic mass is 10.0. The van der Waals surface area contributed by atoms with Crippen molar-refractivity contribution in [3.63, 3.8) is 0 Å². The summed E-state index contributed by atoms with van der Waals surface area (Å²) < 4.78 is 1.73. The number of pyridine rings is 1. The minimum Gasteiger partial charge on any atom is -0.354 e. The van der Waals surface area contributed by atoms with Gasteiger partial charge in [-0.2, -0.15) is 0 Å². The molecule has 1 unspecified atom stereocenters. The molecular formula is C19H24N2O2. The molecule has 0 fully saturated rings. The molecule has 0 radical (unpaired) electrons. The van der Waals surface area contributed by atoms with Crippen LogP contribution in [0.1, 0.15) is 32.8 Å². The van der Waals surface area contributed by atoms with Gasteiger partial charge in [-0.15, -0.1) is 0 Å². The molecule has 1 heterocycles. The van der Waals surface area contributed by atoms with E-state index in [-0.39, 0.29) is 17.5 Å². The van der Waals surface area contributed by atoms with Gasteiger partial charge >= 0.3 is 0 Å². The van der Waals surface area contributed by atoms with Crippen molar-refractivity contribution in [1.29, 1.82) is 0 Å². The van der Waals surface area contributed by atoms with Crippen LogP contribution in [0.4, 0.5) is 0 Å². The van der Waals surface area contributed by atoms with Crippen molar-refractivity contribution < 1.29 is 4.79 Å². The normalized spacial score (nSPS) is 12.0. The standard InChI is InChI=1S/C19H24N2O2/c1-4-10-21-11-9-18(13-19(21)23)17-7-5-16(6-8-17)12-14(2)20-15(3)22/h5-9,11,13-14H,4,10,12H2,1-3H3,(H,20,22). The fraction of sp³-hybridized carbons (Fsp3) is 0.368. The van der Waals surface area contributed by atoms with Crippen LogP contribution in [0.25, 0.3) is 11.1 Å². The average Bonchev–Trinajstić information content (AvgIpc) is 2.49. The summed E-state index contributed by atoms with van der Waals surface area (Å²) in [6, 6.07) is 11.9. The van der Waals surface area contributed by atoms with Gasteiger partial charge in [-0.05, 0) is 42.5 Å². The number of hydrogen-bond donors (Lipinski definition) is 1. The molecule has 1 aromatic carbocycles. The second kappa shape index (κ2) is 7.77. The predicted octanol–water partition coefficient (Wildman–Crippen LogP) is 2.99. The molecule has 2 aromatic rings. The van der Waals surface area contributed by atoms with Gasteiger partial charge < -0.3 is 9.88 Å². The average molecular weight is 312 g/mol. The number of aromatic nitrogens is 1. The van der Waals surface area contributed by atoms with Gasteiger partial charge in [0.2, 0.25) is 5.91 Å². The number of aryl methyl sites for hydroxylation is 1. The summed E-state index contributed by atoms with van der Waals surface area (Å²) in [4.78, 5) is 23.1. The lowest BCUT2D eigenvalue weighted by Crippen LogP contribution is -2.31. The molecule has 0 spiro atoms. The molecule has 122 valence electrons. The van der Waals surface area contributed by atoms with Crippen molar-refractivity contribution in [1.82, 2.24) is 9.88 Å². The number of hydrogen-bond acceptors (Lipinski definition) is 2. The summed E-state index contributed by atoms with van der Waals surface area (Å²) in [7, 11) is 0. The van der Waals surface area contributed by atoms with E-state index in [4.69, 9.17) is 0 Å². The van der Waals surface area contributed by atoms with Crippen molar-refractivity contribution in [3.05, 3.63) is 58.5 Å². The highest BCUT2D eigenvalue weighted by molar-refractivity contribution is 5.73. The second-order valence-electron chi connectivity index (χ2n) is 5.95. The van der Waals surface area contributed by atoms with E-state index in [0.717, 1.165) is 36.1 Å². The van der Waals surface area contributed by atoms with Crippen LogP contribution in [0.2, 0.25) is 0 Å². The molecular weight excluding hydrogens is 288 g/mol. The number of carbonyl (C=O) groups excluding carboxylic acids is 1. The van der Waals surface area contributed by atoms with E-state index in [1.54, 1.807) is 10.6 Å². The van der Waals surface area contributed by atoms with Crippen LogP contribution in [-0.2, 0) is 17.8 Å². The Labute approximate surface area is 137 Å². The zero-order chi connectivity index (χ0) is 16.8. The Morgan fingerprint density at radius 3 is 2.43 bits per heavy atom. The second-order valence-corrected chi connectivity index (χ2v) is 5.95. The molecule has 0 saturated heterocycles. The highest BCUT2D eigenvalue weighted by atomic mass is 16.1. The maximum Gasteiger partial charge on any atom is 0.251 e. The van der Waals surface area contributed by atoms with E-state index in [0.29, 0.717) is 0 Å². The van der Waals surface area contributed by atoms with E-state index in [2.05, 4.69) is 12.2 Å². The van der Waals surface area contributed by atoms with Gasteiger partial charge in [0.15, 0.2) is 0 Å². The third kappa shape index (κ3) is 4.81. The third-order valence-electron chi connectivity index (χ3n) is 3.74. The smallest absolute Gasteiger partial charge is 0.251 e. The minimum atomic E-state index is -0.0123. The van der Waals surface area contributed by atoms with E-state index in [1.165, 1.54) is 6.92 Å². The van der Waals surface area contributed by atoms with Crippen molar-refractivity contribution in [2.24, 2.45) is 0 Å². The van der Waals surface area contributed by atoms with Gasteiger partial charge in [-0.1, -0.05) is 31.2 Å². The van der Waals surface area contributed by atoms with Crippen LogP contribution in [0.15, 0.2) is 47.4 Å². The van der Waals surface area contributed by atoms with Gasteiger partial charge in [0.05, 0.1) is 0 Å². The number of nitrogens with one attached hydrogen (secondary N) is 1. The Kier molecular flexibility index (Phi) is 5.74. The van der Waals surface area contributed by atoms with E-state index >= 15 is 0 Å². The number of amides is 1. The molecule has 1 atom stereocenters. The summed E-state index contributed by atoms with van der Waals surface area (Å²) >= 11 is 0. The molecule has 1 aromatic heterocycles. The molecule has 23 heavy (non-hydrogen) atoms. The maximum atomic E-state index is 12.0. The van der Waals surface area contributed by atoms with E-state index < -0.39 is 0 Å². The first-order valence-corrected chi connectivity index (χ1v) is 8.06. The van der Waals surface area contributed by atoms with Crippen molar-refractivity contribution in [3.8, 4) is 11.1 Å². The first-order valence-electron chi connectivity index (χ1n) is 8.06. The zero-order valence-corrected chi connectivity index (χ0v) is 14.0. The van der Waals surface area contributed by atoms with Gasteiger partial charge in [-0.25, -0.2) is 0 Å². The summed E-state index contributed by atoms with van der Waals surface area (Å²) in [6.07, 6.45) is 3.59. The SMILES string of the molecule is CCCn1ccc(-c2ccc(CC(C)NC(C)=O)cc2)cc1=O. The van der Waals surface area contributed by atoms with Crippen LogP contribution >= 0.6 is 0 Å². The van der Waals surface area contributed by atoms with E-state index in [1.807, 2.05) is 43.5 Å². The Hall–Kier alpha value is -2.36. The van der Waals surface area contributed by atoms with Gasteiger partial charge in [0.25, 0.3) is 5.56 Å². The number of benzene rings is 1. The Bertz CT molecular complexity index is 717. The van der Waals surface area contributed by atoms with Crippen molar-refractivity contribution in [2.45, 2.75) is 46.2 Å². The first-order chi connectivity index (χ1) is 11.0. The van der Waals surface area contributed by atoms with Crippen LogP contribution in [0.5, 0.6) is 0 Å². The van der Waals surface area contributed by atoms with Crippen LogP contribution in [0, 0.1) is 0 Å². The van der Waals surface area contributed by atoms with Crippen LogP contribution in [-0.4, -0.2) is 16.5 Å². The molecule has 0 bridgehead atoms.